The fraction of sp³-hybridized carbons (Fsp3) is 0.357. The van der Waals surface area contributed by atoms with Crippen LogP contribution in [0.2, 0.25) is 0 Å². The van der Waals surface area contributed by atoms with Crippen LogP contribution in [-0.4, -0.2) is 21.5 Å². The third-order valence-corrected chi connectivity index (χ3v) is 2.96. The summed E-state index contributed by atoms with van der Waals surface area (Å²) in [5.74, 6) is 1.43. The van der Waals surface area contributed by atoms with E-state index in [9.17, 15) is 0 Å². The first-order chi connectivity index (χ1) is 9.12. The maximum absolute atomic E-state index is 5.53. The second-order valence-corrected chi connectivity index (χ2v) is 5.01. The Kier molecular flexibility index (Phi) is 4.06. The molecule has 0 aliphatic carbocycles. The first-order valence-corrected chi connectivity index (χ1v) is 6.29. The monoisotopic (exact) mass is 257 g/mol. The van der Waals surface area contributed by atoms with Crippen LogP contribution in [-0.2, 0) is 12.0 Å². The summed E-state index contributed by atoms with van der Waals surface area (Å²) >= 11 is 0. The number of anilines is 1. The lowest BCUT2D eigenvalue weighted by atomic mass is 9.89. The van der Waals surface area contributed by atoms with Gasteiger partial charge in [-0.25, -0.2) is 9.97 Å². The second kappa shape index (κ2) is 5.75. The molecule has 100 valence electrons. The first kappa shape index (κ1) is 13.4. The van der Waals surface area contributed by atoms with Gasteiger partial charge in [-0.1, -0.05) is 19.9 Å². The molecule has 0 aliphatic heterocycles. The van der Waals surface area contributed by atoms with Crippen LogP contribution in [0, 0.1) is 0 Å². The molecular formula is C14H19N5. The molecular weight excluding hydrogens is 238 g/mol. The molecule has 0 unspecified atom stereocenters. The number of pyridine rings is 1. The third-order valence-electron chi connectivity index (χ3n) is 2.96. The minimum absolute atomic E-state index is 0.0743. The van der Waals surface area contributed by atoms with Crippen LogP contribution >= 0.6 is 0 Å². The highest BCUT2D eigenvalue weighted by Crippen LogP contribution is 2.21. The standard InChI is InChI=1S/C14H19N5/c1-14(2,11-5-3-4-7-16-11)10-18-12-6-8-17-13(9-15)19-12/h3-8H,9-10,15H2,1-2H3,(H,17,18,19). The molecule has 0 radical (unpaired) electrons. The Labute approximate surface area is 113 Å². The molecule has 5 heteroatoms. The van der Waals surface area contributed by atoms with E-state index in [-0.39, 0.29) is 5.41 Å². The van der Waals surface area contributed by atoms with Crippen molar-refractivity contribution in [2.24, 2.45) is 5.73 Å². The molecule has 0 fully saturated rings. The minimum atomic E-state index is -0.0743. The zero-order valence-corrected chi connectivity index (χ0v) is 11.3. The van der Waals surface area contributed by atoms with Gasteiger partial charge in [0.05, 0.1) is 6.54 Å². The van der Waals surface area contributed by atoms with Gasteiger partial charge in [0.25, 0.3) is 0 Å². The lowest BCUT2D eigenvalue weighted by Crippen LogP contribution is -2.29. The van der Waals surface area contributed by atoms with Crippen molar-refractivity contribution < 1.29 is 0 Å². The molecule has 2 aromatic heterocycles. The summed E-state index contributed by atoms with van der Waals surface area (Å²) in [5, 5.41) is 3.31. The maximum atomic E-state index is 5.53. The number of nitrogens with two attached hydrogens (primary N) is 1. The van der Waals surface area contributed by atoms with Crippen LogP contribution in [0.1, 0.15) is 25.4 Å². The van der Waals surface area contributed by atoms with Gasteiger partial charge in [-0.15, -0.1) is 0 Å². The van der Waals surface area contributed by atoms with Crippen LogP contribution in [0.3, 0.4) is 0 Å². The molecule has 0 aliphatic rings. The van der Waals surface area contributed by atoms with E-state index in [4.69, 9.17) is 5.73 Å². The molecule has 0 aromatic carbocycles. The molecule has 5 nitrogen and oxygen atoms in total. The normalized spacial score (nSPS) is 11.3. The van der Waals surface area contributed by atoms with Gasteiger partial charge in [-0.3, -0.25) is 4.98 Å². The summed E-state index contributed by atoms with van der Waals surface area (Å²) in [7, 11) is 0. The van der Waals surface area contributed by atoms with Gasteiger partial charge in [0, 0.05) is 30.0 Å². The molecule has 0 amide bonds. The second-order valence-electron chi connectivity index (χ2n) is 5.01. The van der Waals surface area contributed by atoms with E-state index in [1.54, 1.807) is 6.20 Å². The van der Waals surface area contributed by atoms with Crippen molar-refractivity contribution >= 4 is 5.82 Å². The predicted molar refractivity (Wildman–Crippen MR) is 75.7 cm³/mol. The summed E-state index contributed by atoms with van der Waals surface area (Å²) in [4.78, 5) is 12.8. The third kappa shape index (κ3) is 3.48. The number of nitrogens with one attached hydrogen (secondary N) is 1. The number of rotatable bonds is 5. The lowest BCUT2D eigenvalue weighted by molar-refractivity contribution is 0.537. The summed E-state index contributed by atoms with van der Waals surface area (Å²) in [6.07, 6.45) is 3.53. The van der Waals surface area contributed by atoms with Crippen molar-refractivity contribution in [3.05, 3.63) is 48.2 Å². The average Bonchev–Trinajstić information content (AvgIpc) is 2.46. The fourth-order valence-corrected chi connectivity index (χ4v) is 1.76. The maximum Gasteiger partial charge on any atom is 0.144 e. The Morgan fingerprint density at radius 1 is 1.16 bits per heavy atom. The molecule has 3 N–H and O–H groups in total. The molecule has 19 heavy (non-hydrogen) atoms. The van der Waals surface area contributed by atoms with Crippen molar-refractivity contribution in [2.75, 3.05) is 11.9 Å². The van der Waals surface area contributed by atoms with E-state index in [1.165, 1.54) is 0 Å². The van der Waals surface area contributed by atoms with Crippen LogP contribution in [0.25, 0.3) is 0 Å². The first-order valence-electron chi connectivity index (χ1n) is 6.29. The van der Waals surface area contributed by atoms with Crippen LogP contribution in [0.4, 0.5) is 5.82 Å². The highest BCUT2D eigenvalue weighted by atomic mass is 15.0. The summed E-state index contributed by atoms with van der Waals surface area (Å²) in [6, 6.07) is 7.80. The van der Waals surface area contributed by atoms with Gasteiger partial charge < -0.3 is 11.1 Å². The van der Waals surface area contributed by atoms with E-state index >= 15 is 0 Å². The average molecular weight is 257 g/mol. The van der Waals surface area contributed by atoms with Crippen LogP contribution < -0.4 is 11.1 Å². The Bertz CT molecular complexity index is 524. The van der Waals surface area contributed by atoms with E-state index in [0.29, 0.717) is 12.4 Å². The minimum Gasteiger partial charge on any atom is -0.369 e. The Morgan fingerprint density at radius 2 is 2.00 bits per heavy atom. The number of hydrogen-bond acceptors (Lipinski definition) is 5. The molecule has 2 aromatic rings. The summed E-state index contributed by atoms with van der Waals surface area (Å²) < 4.78 is 0. The molecule has 0 spiro atoms. The summed E-state index contributed by atoms with van der Waals surface area (Å²) in [6.45, 7) is 5.38. The molecule has 0 bridgehead atoms. The number of nitrogens with zero attached hydrogens (tertiary/aromatic N) is 3. The van der Waals surface area contributed by atoms with Gasteiger partial charge in [0.15, 0.2) is 0 Å². The Balaban J connectivity index is 2.05. The molecule has 2 heterocycles. The molecule has 0 saturated carbocycles. The van der Waals surface area contributed by atoms with Crippen LogP contribution in [0.5, 0.6) is 0 Å². The smallest absolute Gasteiger partial charge is 0.144 e. The van der Waals surface area contributed by atoms with Gasteiger partial charge in [-0.2, -0.15) is 0 Å². The van der Waals surface area contributed by atoms with Crippen LogP contribution in [0.15, 0.2) is 36.7 Å². The topological polar surface area (TPSA) is 76.7 Å². The van der Waals surface area contributed by atoms with Gasteiger partial charge in [-0.05, 0) is 18.2 Å². The van der Waals surface area contributed by atoms with Crippen molar-refractivity contribution in [1.29, 1.82) is 0 Å². The van der Waals surface area contributed by atoms with Gasteiger partial charge in [0.1, 0.15) is 11.6 Å². The highest BCUT2D eigenvalue weighted by Gasteiger charge is 2.21. The lowest BCUT2D eigenvalue weighted by Gasteiger charge is -2.24. The van der Waals surface area contributed by atoms with Crippen molar-refractivity contribution in [3.8, 4) is 0 Å². The number of hydrogen-bond donors (Lipinski definition) is 2. The highest BCUT2D eigenvalue weighted by molar-refractivity contribution is 5.34. The van der Waals surface area contributed by atoms with Crippen molar-refractivity contribution in [1.82, 2.24) is 15.0 Å². The van der Waals surface area contributed by atoms with E-state index < -0.39 is 0 Å². The van der Waals surface area contributed by atoms with E-state index in [0.717, 1.165) is 18.1 Å². The fourth-order valence-electron chi connectivity index (χ4n) is 1.76. The Hall–Kier alpha value is -2.01. The molecule has 0 saturated heterocycles. The SMILES string of the molecule is CC(C)(CNc1ccnc(CN)n1)c1ccccn1. The molecule has 0 atom stereocenters. The Morgan fingerprint density at radius 3 is 2.68 bits per heavy atom. The zero-order valence-electron chi connectivity index (χ0n) is 11.3. The quantitative estimate of drug-likeness (QED) is 0.853. The molecule has 2 rings (SSSR count). The van der Waals surface area contributed by atoms with E-state index in [2.05, 4.69) is 34.1 Å². The van der Waals surface area contributed by atoms with Crippen molar-refractivity contribution in [3.63, 3.8) is 0 Å². The predicted octanol–water partition coefficient (Wildman–Crippen LogP) is 1.72. The van der Waals surface area contributed by atoms with Gasteiger partial charge >= 0.3 is 0 Å². The summed E-state index contributed by atoms with van der Waals surface area (Å²) in [5.41, 5.74) is 6.51. The zero-order chi connectivity index (χ0) is 13.7. The largest absolute Gasteiger partial charge is 0.369 e. The van der Waals surface area contributed by atoms with Gasteiger partial charge in [0.2, 0.25) is 0 Å². The van der Waals surface area contributed by atoms with E-state index in [1.807, 2.05) is 30.5 Å². The number of aromatic nitrogens is 3. The van der Waals surface area contributed by atoms with Crippen molar-refractivity contribution in [2.45, 2.75) is 25.8 Å².